The summed E-state index contributed by atoms with van der Waals surface area (Å²) >= 11 is 0. The molecule has 0 unspecified atom stereocenters. The van der Waals surface area contributed by atoms with Gasteiger partial charge in [0.05, 0.1) is 5.69 Å². The van der Waals surface area contributed by atoms with Gasteiger partial charge in [-0.05, 0) is 125 Å². The number of hydrogen-bond acceptors (Lipinski definition) is 1. The maximum absolute atomic E-state index is 2.47. The predicted molar refractivity (Wildman–Crippen MR) is 189 cm³/mol. The van der Waals surface area contributed by atoms with Gasteiger partial charge in [0.15, 0.2) is 0 Å². The van der Waals surface area contributed by atoms with Gasteiger partial charge in [-0.2, -0.15) is 0 Å². The third-order valence-corrected chi connectivity index (χ3v) is 11.2. The number of benzene rings is 6. The summed E-state index contributed by atoms with van der Waals surface area (Å²) < 4.78 is 0. The Kier molecular flexibility index (Phi) is 6.40. The fourth-order valence-electron chi connectivity index (χ4n) is 9.57. The van der Waals surface area contributed by atoms with E-state index >= 15 is 0 Å². The highest BCUT2D eigenvalue weighted by molar-refractivity contribution is 5.99. The largest absolute Gasteiger partial charge is 0.310 e. The highest BCUT2D eigenvalue weighted by atomic mass is 15.1. The molecule has 6 aromatic carbocycles. The van der Waals surface area contributed by atoms with E-state index in [9.17, 15) is 0 Å². The first-order valence-electron chi connectivity index (χ1n) is 16.9. The van der Waals surface area contributed by atoms with E-state index < -0.39 is 0 Å². The second-order valence-corrected chi connectivity index (χ2v) is 14.1. The van der Waals surface area contributed by atoms with Gasteiger partial charge in [-0.15, -0.1) is 0 Å². The Morgan fingerprint density at radius 2 is 1.00 bits per heavy atom. The number of fused-ring (bicyclic) bond motifs is 1. The predicted octanol–water partition coefficient (Wildman–Crippen LogP) is 12.1. The SMILES string of the molecule is c1ccc(-c2cccc(N(c3ccc(-c4ccc(C56CC7CC(CC(C7)C5)C6)cc4)cc3)c3cccc4ccccc34)c2)cc1. The fraction of sp³-hybridized carbons (Fsp3) is 0.227. The lowest BCUT2D eigenvalue weighted by atomic mass is 9.48. The minimum absolute atomic E-state index is 0.449. The lowest BCUT2D eigenvalue weighted by molar-refractivity contribution is -0.00518. The molecule has 10 rings (SSSR count). The molecular weight excluding hydrogens is 542 g/mol. The van der Waals surface area contributed by atoms with Crippen molar-refractivity contribution in [3.8, 4) is 22.3 Å². The average molecular weight is 582 g/mol. The van der Waals surface area contributed by atoms with Gasteiger partial charge in [-0.3, -0.25) is 0 Å². The summed E-state index contributed by atoms with van der Waals surface area (Å²) in [5.41, 5.74) is 10.6. The van der Waals surface area contributed by atoms with Crippen LogP contribution >= 0.6 is 0 Å². The van der Waals surface area contributed by atoms with Gasteiger partial charge in [0.1, 0.15) is 0 Å². The molecular formula is C44H39N. The van der Waals surface area contributed by atoms with Crippen molar-refractivity contribution in [3.63, 3.8) is 0 Å². The minimum atomic E-state index is 0.449. The summed E-state index contributed by atoms with van der Waals surface area (Å²) in [6, 6.07) is 53.8. The van der Waals surface area contributed by atoms with Crippen molar-refractivity contribution < 1.29 is 0 Å². The van der Waals surface area contributed by atoms with Crippen molar-refractivity contribution >= 4 is 27.8 Å². The second kappa shape index (κ2) is 10.8. The second-order valence-electron chi connectivity index (χ2n) is 14.1. The molecule has 1 nitrogen and oxygen atoms in total. The van der Waals surface area contributed by atoms with Crippen LogP contribution in [0.25, 0.3) is 33.0 Å². The molecule has 0 saturated heterocycles. The van der Waals surface area contributed by atoms with Crippen molar-refractivity contribution in [2.24, 2.45) is 17.8 Å². The van der Waals surface area contributed by atoms with E-state index in [1.54, 1.807) is 5.56 Å². The van der Waals surface area contributed by atoms with Crippen LogP contribution in [0.4, 0.5) is 17.1 Å². The first-order chi connectivity index (χ1) is 22.2. The number of hydrogen-bond donors (Lipinski definition) is 0. The van der Waals surface area contributed by atoms with Crippen LogP contribution in [0.15, 0.2) is 146 Å². The number of nitrogens with zero attached hydrogens (tertiary/aromatic N) is 1. The van der Waals surface area contributed by atoms with Crippen molar-refractivity contribution in [2.75, 3.05) is 4.90 Å². The molecule has 4 saturated carbocycles. The topological polar surface area (TPSA) is 3.24 Å². The Morgan fingerprint density at radius 1 is 0.444 bits per heavy atom. The molecule has 0 N–H and O–H groups in total. The van der Waals surface area contributed by atoms with Crippen LogP contribution in [0.1, 0.15) is 44.1 Å². The van der Waals surface area contributed by atoms with E-state index in [1.165, 1.54) is 77.2 Å². The maximum Gasteiger partial charge on any atom is 0.0540 e. The maximum atomic E-state index is 2.47. The minimum Gasteiger partial charge on any atom is -0.310 e. The van der Waals surface area contributed by atoms with Crippen molar-refractivity contribution in [2.45, 2.75) is 43.9 Å². The molecule has 220 valence electrons. The molecule has 0 atom stereocenters. The van der Waals surface area contributed by atoms with Crippen LogP contribution in [0.2, 0.25) is 0 Å². The van der Waals surface area contributed by atoms with Crippen LogP contribution in [-0.4, -0.2) is 0 Å². The zero-order valence-electron chi connectivity index (χ0n) is 25.8. The van der Waals surface area contributed by atoms with Gasteiger partial charge >= 0.3 is 0 Å². The quantitative estimate of drug-likeness (QED) is 0.189. The van der Waals surface area contributed by atoms with Gasteiger partial charge in [0, 0.05) is 16.8 Å². The van der Waals surface area contributed by atoms with Crippen LogP contribution in [0.3, 0.4) is 0 Å². The van der Waals surface area contributed by atoms with E-state index in [0.717, 1.165) is 29.1 Å². The normalized spacial score (nSPS) is 23.3. The number of rotatable bonds is 6. The summed E-state index contributed by atoms with van der Waals surface area (Å²) in [5.74, 6) is 2.92. The lowest BCUT2D eigenvalue weighted by Gasteiger charge is -2.57. The van der Waals surface area contributed by atoms with E-state index in [0.29, 0.717) is 5.41 Å². The molecule has 0 radical (unpaired) electrons. The van der Waals surface area contributed by atoms with Crippen LogP contribution in [0.5, 0.6) is 0 Å². The first kappa shape index (κ1) is 26.8. The zero-order chi connectivity index (χ0) is 29.8. The van der Waals surface area contributed by atoms with E-state index in [-0.39, 0.29) is 0 Å². The summed E-state index contributed by atoms with van der Waals surface area (Å²) in [5, 5.41) is 2.49. The molecule has 4 aliphatic carbocycles. The molecule has 0 heterocycles. The molecule has 4 fully saturated rings. The molecule has 0 spiro atoms. The van der Waals surface area contributed by atoms with Gasteiger partial charge < -0.3 is 4.90 Å². The van der Waals surface area contributed by atoms with E-state index in [2.05, 4.69) is 150 Å². The van der Waals surface area contributed by atoms with E-state index in [4.69, 9.17) is 0 Å². The summed E-state index contributed by atoms with van der Waals surface area (Å²) in [6.45, 7) is 0. The molecule has 0 aromatic heterocycles. The molecule has 45 heavy (non-hydrogen) atoms. The van der Waals surface area contributed by atoms with Crippen molar-refractivity contribution in [1.82, 2.24) is 0 Å². The molecule has 6 aromatic rings. The van der Waals surface area contributed by atoms with Crippen molar-refractivity contribution in [3.05, 3.63) is 151 Å². The van der Waals surface area contributed by atoms with Gasteiger partial charge in [0.2, 0.25) is 0 Å². The van der Waals surface area contributed by atoms with Crippen LogP contribution in [-0.2, 0) is 5.41 Å². The van der Waals surface area contributed by atoms with Gasteiger partial charge in [-0.25, -0.2) is 0 Å². The zero-order valence-corrected chi connectivity index (χ0v) is 25.8. The third kappa shape index (κ3) is 4.77. The smallest absolute Gasteiger partial charge is 0.0540 e. The fourth-order valence-corrected chi connectivity index (χ4v) is 9.57. The highest BCUT2D eigenvalue weighted by Crippen LogP contribution is 2.60. The van der Waals surface area contributed by atoms with Crippen molar-refractivity contribution in [1.29, 1.82) is 0 Å². The molecule has 4 bridgehead atoms. The Morgan fingerprint density at radius 3 is 1.71 bits per heavy atom. The first-order valence-corrected chi connectivity index (χ1v) is 16.9. The molecule has 1 heteroatoms. The lowest BCUT2D eigenvalue weighted by Crippen LogP contribution is -2.48. The average Bonchev–Trinajstić information content (AvgIpc) is 3.09. The summed E-state index contributed by atoms with van der Waals surface area (Å²) in [7, 11) is 0. The van der Waals surface area contributed by atoms with E-state index in [1.807, 2.05) is 0 Å². The summed E-state index contributed by atoms with van der Waals surface area (Å²) in [6.07, 6.45) is 8.75. The van der Waals surface area contributed by atoms with Crippen LogP contribution in [0, 0.1) is 17.8 Å². The Labute approximate surface area is 267 Å². The van der Waals surface area contributed by atoms with Gasteiger partial charge in [-0.1, -0.05) is 115 Å². The third-order valence-electron chi connectivity index (χ3n) is 11.2. The summed E-state index contributed by atoms with van der Waals surface area (Å²) in [4.78, 5) is 2.41. The number of anilines is 3. The Hall–Kier alpha value is -4.62. The molecule has 0 aliphatic heterocycles. The van der Waals surface area contributed by atoms with Crippen LogP contribution < -0.4 is 4.90 Å². The molecule has 4 aliphatic rings. The standard InChI is InChI=1S/C44H39N/c1-2-8-34(9-3-1)38-12-6-13-41(27-38)45(43-15-7-11-37-10-4-5-14-42(37)43)40-22-18-36(19-23-40)35-16-20-39(21-17-35)44-28-31-24-32(29-44)26-33(25-31)30-44/h1-23,27,31-33H,24-26,28-30H2. The van der Waals surface area contributed by atoms with Gasteiger partial charge in [0.25, 0.3) is 0 Å². The Balaban J connectivity index is 1.08. The Bertz CT molecular complexity index is 1930. The molecule has 0 amide bonds. The highest BCUT2D eigenvalue weighted by Gasteiger charge is 2.51. The monoisotopic (exact) mass is 581 g/mol.